The Kier molecular flexibility index (Phi) is 5.81. The lowest BCUT2D eigenvalue weighted by Gasteiger charge is -2.20. The van der Waals surface area contributed by atoms with Gasteiger partial charge in [-0.25, -0.2) is 9.97 Å². The van der Waals surface area contributed by atoms with E-state index >= 15 is 0 Å². The third-order valence-corrected chi connectivity index (χ3v) is 4.66. The van der Waals surface area contributed by atoms with E-state index in [1.54, 1.807) is 25.1 Å². The van der Waals surface area contributed by atoms with Gasteiger partial charge in [-0.15, -0.1) is 0 Å². The summed E-state index contributed by atoms with van der Waals surface area (Å²) < 4.78 is 0. The number of fused-ring (bicyclic) bond motifs is 1. The lowest BCUT2D eigenvalue weighted by Crippen LogP contribution is -2.36. The van der Waals surface area contributed by atoms with Gasteiger partial charge in [-0.1, -0.05) is 6.08 Å². The quantitative estimate of drug-likeness (QED) is 0.777. The molecule has 1 amide bonds. The number of aliphatic hydroxyl groups excluding tert-OH is 1. The summed E-state index contributed by atoms with van der Waals surface area (Å²) in [5.74, 6) is 0.520. The SMILES string of the molecule is CC1=c2nc(NCCO)c(CN(C)C(=O)c3nccnc3C)cc2=CCC1. The maximum absolute atomic E-state index is 12.8. The van der Waals surface area contributed by atoms with Crippen LogP contribution in [0.4, 0.5) is 5.82 Å². The summed E-state index contributed by atoms with van der Waals surface area (Å²) in [5, 5.41) is 14.4. The van der Waals surface area contributed by atoms with Crippen molar-refractivity contribution in [1.82, 2.24) is 19.9 Å². The largest absolute Gasteiger partial charge is 0.395 e. The van der Waals surface area contributed by atoms with Gasteiger partial charge in [0.05, 0.1) is 17.6 Å². The number of nitrogens with zero attached hydrogens (tertiary/aromatic N) is 4. The van der Waals surface area contributed by atoms with Crippen molar-refractivity contribution >= 4 is 23.4 Å². The molecule has 1 aliphatic rings. The van der Waals surface area contributed by atoms with Crippen LogP contribution in [-0.4, -0.2) is 51.1 Å². The van der Waals surface area contributed by atoms with Gasteiger partial charge in [-0.2, -0.15) is 0 Å². The van der Waals surface area contributed by atoms with Gasteiger partial charge in [0, 0.05) is 38.1 Å². The molecule has 7 heteroatoms. The van der Waals surface area contributed by atoms with Gasteiger partial charge in [-0.05, 0) is 43.5 Å². The summed E-state index contributed by atoms with van der Waals surface area (Å²) in [6.45, 7) is 4.68. The first-order chi connectivity index (χ1) is 13.0. The molecular weight excluding hydrogens is 342 g/mol. The summed E-state index contributed by atoms with van der Waals surface area (Å²) in [6, 6.07) is 2.08. The van der Waals surface area contributed by atoms with E-state index in [-0.39, 0.29) is 12.5 Å². The van der Waals surface area contributed by atoms with Gasteiger partial charge in [0.2, 0.25) is 0 Å². The molecule has 2 heterocycles. The molecule has 7 nitrogen and oxygen atoms in total. The Morgan fingerprint density at radius 1 is 1.30 bits per heavy atom. The second kappa shape index (κ2) is 8.26. The average molecular weight is 367 g/mol. The number of carbonyl (C=O) groups excluding carboxylic acids is 1. The summed E-state index contributed by atoms with van der Waals surface area (Å²) in [5.41, 5.74) is 3.12. The summed E-state index contributed by atoms with van der Waals surface area (Å²) in [6.07, 6.45) is 7.28. The zero-order chi connectivity index (χ0) is 19.4. The first kappa shape index (κ1) is 19.0. The third kappa shape index (κ3) is 4.14. The van der Waals surface area contributed by atoms with Crippen LogP contribution in [0.15, 0.2) is 18.5 Å². The molecule has 0 radical (unpaired) electrons. The third-order valence-electron chi connectivity index (χ3n) is 4.66. The monoisotopic (exact) mass is 367 g/mol. The Balaban J connectivity index is 1.95. The second-order valence-electron chi connectivity index (χ2n) is 6.76. The molecule has 3 rings (SSSR count). The maximum Gasteiger partial charge on any atom is 0.274 e. The summed E-state index contributed by atoms with van der Waals surface area (Å²) in [7, 11) is 1.74. The second-order valence-corrected chi connectivity index (χ2v) is 6.76. The van der Waals surface area contributed by atoms with E-state index in [0.717, 1.165) is 29.0 Å². The number of aryl methyl sites for hydroxylation is 1. The fourth-order valence-electron chi connectivity index (χ4n) is 3.21. The molecule has 0 fully saturated rings. The van der Waals surface area contributed by atoms with Crippen LogP contribution in [0, 0.1) is 6.92 Å². The van der Waals surface area contributed by atoms with E-state index in [1.165, 1.54) is 11.8 Å². The molecule has 1 aliphatic carbocycles. The highest BCUT2D eigenvalue weighted by atomic mass is 16.3. The molecule has 2 aromatic heterocycles. The zero-order valence-electron chi connectivity index (χ0n) is 16.0. The predicted octanol–water partition coefficient (Wildman–Crippen LogP) is 0.601. The van der Waals surface area contributed by atoms with Crippen LogP contribution in [-0.2, 0) is 6.54 Å². The lowest BCUT2D eigenvalue weighted by molar-refractivity contribution is 0.0778. The van der Waals surface area contributed by atoms with Crippen molar-refractivity contribution in [2.45, 2.75) is 33.2 Å². The van der Waals surface area contributed by atoms with Crippen LogP contribution >= 0.6 is 0 Å². The fourth-order valence-corrected chi connectivity index (χ4v) is 3.21. The maximum atomic E-state index is 12.8. The Morgan fingerprint density at radius 3 is 2.81 bits per heavy atom. The Labute approximate surface area is 158 Å². The number of aromatic nitrogens is 3. The Bertz CT molecular complexity index is 971. The van der Waals surface area contributed by atoms with Crippen LogP contribution in [0.1, 0.15) is 41.5 Å². The molecular formula is C20H25N5O2. The topological polar surface area (TPSA) is 91.2 Å². The predicted molar refractivity (Wildman–Crippen MR) is 104 cm³/mol. The smallest absolute Gasteiger partial charge is 0.274 e. The molecule has 2 N–H and O–H groups in total. The van der Waals surface area contributed by atoms with Crippen LogP contribution < -0.4 is 15.9 Å². The van der Waals surface area contributed by atoms with Gasteiger partial charge in [0.15, 0.2) is 0 Å². The summed E-state index contributed by atoms with van der Waals surface area (Å²) in [4.78, 5) is 27.5. The average Bonchev–Trinajstić information content (AvgIpc) is 2.66. The minimum atomic E-state index is -0.182. The molecule has 142 valence electrons. The molecule has 0 saturated carbocycles. The number of nitrogens with one attached hydrogen (secondary N) is 1. The highest BCUT2D eigenvalue weighted by Gasteiger charge is 2.18. The molecule has 0 saturated heterocycles. The normalized spacial score (nSPS) is 13.0. The minimum absolute atomic E-state index is 0.0145. The van der Waals surface area contributed by atoms with Crippen LogP contribution in [0.5, 0.6) is 0 Å². The molecule has 0 aliphatic heterocycles. The Hall–Kier alpha value is -2.80. The van der Waals surface area contributed by atoms with Crippen molar-refractivity contribution in [3.8, 4) is 0 Å². The van der Waals surface area contributed by atoms with E-state index < -0.39 is 0 Å². The lowest BCUT2D eigenvalue weighted by atomic mass is 10.0. The van der Waals surface area contributed by atoms with Crippen molar-refractivity contribution in [2.24, 2.45) is 0 Å². The number of pyridine rings is 1. The first-order valence-corrected chi connectivity index (χ1v) is 9.09. The molecule has 0 bridgehead atoms. The summed E-state index contributed by atoms with van der Waals surface area (Å²) >= 11 is 0. The molecule has 0 atom stereocenters. The van der Waals surface area contributed by atoms with Crippen molar-refractivity contribution in [3.05, 3.63) is 46.0 Å². The molecule has 0 unspecified atom stereocenters. The van der Waals surface area contributed by atoms with Gasteiger partial charge < -0.3 is 15.3 Å². The first-order valence-electron chi connectivity index (χ1n) is 9.09. The Morgan fingerprint density at radius 2 is 2.07 bits per heavy atom. The van der Waals surface area contributed by atoms with Gasteiger partial charge in [0.1, 0.15) is 11.5 Å². The van der Waals surface area contributed by atoms with Crippen molar-refractivity contribution in [1.29, 1.82) is 0 Å². The number of anilines is 1. The van der Waals surface area contributed by atoms with E-state index in [4.69, 9.17) is 4.98 Å². The number of amides is 1. The van der Waals surface area contributed by atoms with E-state index in [2.05, 4.69) is 34.4 Å². The minimum Gasteiger partial charge on any atom is -0.395 e. The number of carbonyl (C=O) groups is 1. The van der Waals surface area contributed by atoms with E-state index in [9.17, 15) is 9.90 Å². The number of rotatable bonds is 6. The highest BCUT2D eigenvalue weighted by molar-refractivity contribution is 5.93. The standard InChI is InChI=1S/C20H25N5O2/c1-13-5-4-6-15-11-16(19(23-9-10-26)24-17(13)15)12-25(3)20(27)18-14(2)21-7-8-22-18/h6-8,11,26H,4-5,9-10,12H2,1-3H3,(H,23,24). The van der Waals surface area contributed by atoms with E-state index in [0.29, 0.717) is 30.3 Å². The van der Waals surface area contributed by atoms with Crippen LogP contribution in [0.25, 0.3) is 11.6 Å². The van der Waals surface area contributed by atoms with Crippen molar-refractivity contribution in [2.75, 3.05) is 25.5 Å². The van der Waals surface area contributed by atoms with Crippen LogP contribution in [0.3, 0.4) is 0 Å². The van der Waals surface area contributed by atoms with E-state index in [1.807, 2.05) is 0 Å². The number of hydrogen-bond donors (Lipinski definition) is 2. The molecule has 27 heavy (non-hydrogen) atoms. The molecule has 2 aromatic rings. The molecule has 0 aromatic carbocycles. The van der Waals surface area contributed by atoms with Gasteiger partial charge in [0.25, 0.3) is 5.91 Å². The highest BCUT2D eigenvalue weighted by Crippen LogP contribution is 2.15. The fraction of sp³-hybridized carbons (Fsp3) is 0.400. The van der Waals surface area contributed by atoms with Crippen LogP contribution in [0.2, 0.25) is 0 Å². The van der Waals surface area contributed by atoms with Gasteiger partial charge in [-0.3, -0.25) is 9.78 Å². The zero-order valence-corrected chi connectivity index (χ0v) is 16.0. The van der Waals surface area contributed by atoms with Crippen molar-refractivity contribution in [3.63, 3.8) is 0 Å². The molecule has 0 spiro atoms. The van der Waals surface area contributed by atoms with Gasteiger partial charge >= 0.3 is 0 Å². The number of hydrogen-bond acceptors (Lipinski definition) is 6. The number of aliphatic hydroxyl groups is 1. The van der Waals surface area contributed by atoms with Crippen molar-refractivity contribution < 1.29 is 9.90 Å².